The fraction of sp³-hybridized carbons (Fsp3) is 0.765. The van der Waals surface area contributed by atoms with E-state index in [0.717, 1.165) is 25.0 Å². The molecule has 0 aliphatic heterocycles. The van der Waals surface area contributed by atoms with Crippen LogP contribution in [0, 0.1) is 5.41 Å². The summed E-state index contributed by atoms with van der Waals surface area (Å²) in [4.78, 5) is 12.4. The molecule has 0 fully saturated rings. The van der Waals surface area contributed by atoms with Gasteiger partial charge in [-0.15, -0.1) is 0 Å². The molecule has 0 bridgehead atoms. The highest BCUT2D eigenvalue weighted by Gasteiger charge is 2.40. The number of aromatic nitrogens is 1. The van der Waals surface area contributed by atoms with Gasteiger partial charge in [0.2, 0.25) is 0 Å². The second-order valence-electron chi connectivity index (χ2n) is 6.63. The molecule has 0 radical (unpaired) electrons. The van der Waals surface area contributed by atoms with Gasteiger partial charge >= 0.3 is 0 Å². The minimum Gasteiger partial charge on any atom is -0.361 e. The van der Waals surface area contributed by atoms with Gasteiger partial charge in [0.1, 0.15) is 5.76 Å². The second-order valence-corrected chi connectivity index (χ2v) is 6.63. The first kappa shape index (κ1) is 17.7. The average molecular weight is 294 g/mol. The number of carbonyl (C=O) groups is 1. The van der Waals surface area contributed by atoms with Crippen LogP contribution >= 0.6 is 0 Å². The van der Waals surface area contributed by atoms with Crippen LogP contribution in [0.1, 0.15) is 83.5 Å². The number of hydrogen-bond acceptors (Lipinski definition) is 3. The molecule has 0 aromatic carbocycles. The monoisotopic (exact) mass is 294 g/mol. The Morgan fingerprint density at radius 3 is 2.43 bits per heavy atom. The van der Waals surface area contributed by atoms with Crippen molar-refractivity contribution in [3.05, 3.63) is 17.5 Å². The standard InChI is InChI=1S/C17H30N2O2/c1-7-10-11-17(6,9-3)16(4,5)18-15(20)14-12-13(8-2)21-19-14/h12H,7-11H2,1-6H3,(H,18,20). The first-order valence-corrected chi connectivity index (χ1v) is 8.07. The largest absolute Gasteiger partial charge is 0.361 e. The Morgan fingerprint density at radius 1 is 1.29 bits per heavy atom. The van der Waals surface area contributed by atoms with Gasteiger partial charge in [-0.05, 0) is 32.1 Å². The summed E-state index contributed by atoms with van der Waals surface area (Å²) in [5.41, 5.74) is 0.142. The van der Waals surface area contributed by atoms with Crippen molar-refractivity contribution in [3.63, 3.8) is 0 Å². The van der Waals surface area contributed by atoms with Crippen molar-refractivity contribution in [1.29, 1.82) is 0 Å². The van der Waals surface area contributed by atoms with E-state index in [9.17, 15) is 4.79 Å². The zero-order chi connectivity index (χ0) is 16.1. The molecule has 21 heavy (non-hydrogen) atoms. The van der Waals surface area contributed by atoms with Crippen LogP contribution in [-0.4, -0.2) is 16.6 Å². The normalized spacial score (nSPS) is 14.8. The molecule has 1 aromatic rings. The number of hydrogen-bond donors (Lipinski definition) is 1. The molecule has 1 rings (SSSR count). The van der Waals surface area contributed by atoms with Crippen LogP contribution in [0.5, 0.6) is 0 Å². The lowest BCUT2D eigenvalue weighted by atomic mass is 9.68. The summed E-state index contributed by atoms with van der Waals surface area (Å²) in [5.74, 6) is 0.585. The molecule has 0 saturated carbocycles. The highest BCUT2D eigenvalue weighted by Crippen LogP contribution is 2.39. The summed E-state index contributed by atoms with van der Waals surface area (Å²) in [7, 11) is 0. The third-order valence-electron chi connectivity index (χ3n) is 4.94. The van der Waals surface area contributed by atoms with E-state index in [1.165, 1.54) is 12.8 Å². The minimum absolute atomic E-state index is 0.0655. The molecular weight excluding hydrogens is 264 g/mol. The maximum absolute atomic E-state index is 12.4. The lowest BCUT2D eigenvalue weighted by Gasteiger charge is -2.44. The van der Waals surface area contributed by atoms with Gasteiger partial charge in [-0.1, -0.05) is 45.7 Å². The molecule has 1 heterocycles. The van der Waals surface area contributed by atoms with Crippen LogP contribution in [0.3, 0.4) is 0 Å². The molecule has 1 aromatic heterocycles. The van der Waals surface area contributed by atoms with Crippen LogP contribution < -0.4 is 5.32 Å². The Hall–Kier alpha value is -1.32. The molecule has 4 heteroatoms. The SMILES string of the molecule is CCCCC(C)(CC)C(C)(C)NC(=O)c1cc(CC)on1. The molecule has 1 unspecified atom stereocenters. The zero-order valence-corrected chi connectivity index (χ0v) is 14.4. The Labute approximate surface area is 128 Å². The predicted molar refractivity (Wildman–Crippen MR) is 85.3 cm³/mol. The highest BCUT2D eigenvalue weighted by molar-refractivity contribution is 5.92. The average Bonchev–Trinajstić information content (AvgIpc) is 2.93. The predicted octanol–water partition coefficient (Wildman–Crippen LogP) is 4.35. The van der Waals surface area contributed by atoms with E-state index in [1.54, 1.807) is 6.07 Å². The molecule has 0 aliphatic rings. The smallest absolute Gasteiger partial charge is 0.273 e. The van der Waals surface area contributed by atoms with Crippen molar-refractivity contribution >= 4 is 5.91 Å². The summed E-state index contributed by atoms with van der Waals surface area (Å²) >= 11 is 0. The van der Waals surface area contributed by atoms with Crippen LogP contribution in [0.2, 0.25) is 0 Å². The van der Waals surface area contributed by atoms with Crippen molar-refractivity contribution < 1.29 is 9.32 Å². The number of unbranched alkanes of at least 4 members (excludes halogenated alkanes) is 1. The van der Waals surface area contributed by atoms with Crippen LogP contribution in [-0.2, 0) is 6.42 Å². The van der Waals surface area contributed by atoms with Gasteiger partial charge in [0.15, 0.2) is 5.69 Å². The van der Waals surface area contributed by atoms with Crippen molar-refractivity contribution in [2.24, 2.45) is 5.41 Å². The zero-order valence-electron chi connectivity index (χ0n) is 14.4. The molecular formula is C17H30N2O2. The third-order valence-corrected chi connectivity index (χ3v) is 4.94. The Morgan fingerprint density at radius 2 is 1.95 bits per heavy atom. The maximum atomic E-state index is 12.4. The maximum Gasteiger partial charge on any atom is 0.273 e. The van der Waals surface area contributed by atoms with Crippen molar-refractivity contribution in [3.8, 4) is 0 Å². The fourth-order valence-electron chi connectivity index (χ4n) is 2.58. The molecule has 0 aliphatic carbocycles. The molecule has 1 amide bonds. The Balaban J connectivity index is 2.83. The molecule has 1 N–H and O–H groups in total. The molecule has 0 spiro atoms. The summed E-state index contributed by atoms with van der Waals surface area (Å²) in [6.07, 6.45) is 5.22. The number of nitrogens with one attached hydrogen (secondary N) is 1. The summed E-state index contributed by atoms with van der Waals surface area (Å²) in [6.45, 7) is 12.8. The van der Waals surface area contributed by atoms with Gasteiger partial charge in [0.05, 0.1) is 0 Å². The Kier molecular flexibility index (Phi) is 5.99. The van der Waals surface area contributed by atoms with Crippen molar-refractivity contribution in [2.45, 2.75) is 79.2 Å². The van der Waals surface area contributed by atoms with Crippen LogP contribution in [0.25, 0.3) is 0 Å². The van der Waals surface area contributed by atoms with Gasteiger partial charge < -0.3 is 9.84 Å². The van der Waals surface area contributed by atoms with Crippen molar-refractivity contribution in [2.75, 3.05) is 0 Å². The number of nitrogens with zero attached hydrogens (tertiary/aromatic N) is 1. The number of carbonyl (C=O) groups excluding carboxylic acids is 1. The molecule has 4 nitrogen and oxygen atoms in total. The lowest BCUT2D eigenvalue weighted by Crippen LogP contribution is -2.54. The highest BCUT2D eigenvalue weighted by atomic mass is 16.5. The molecule has 1 atom stereocenters. The van der Waals surface area contributed by atoms with Gasteiger partial charge in [-0.25, -0.2) is 0 Å². The number of rotatable bonds is 8. The first-order valence-electron chi connectivity index (χ1n) is 8.07. The fourth-order valence-corrected chi connectivity index (χ4v) is 2.58. The van der Waals surface area contributed by atoms with Gasteiger partial charge in [-0.3, -0.25) is 4.79 Å². The van der Waals surface area contributed by atoms with Crippen LogP contribution in [0.4, 0.5) is 0 Å². The number of amides is 1. The topological polar surface area (TPSA) is 55.1 Å². The minimum atomic E-state index is -0.292. The first-order chi connectivity index (χ1) is 9.79. The molecule has 0 saturated heterocycles. The van der Waals surface area contributed by atoms with Gasteiger partial charge in [0.25, 0.3) is 5.91 Å². The Bertz CT molecular complexity index is 465. The second kappa shape index (κ2) is 7.10. The van der Waals surface area contributed by atoms with Crippen LogP contribution in [0.15, 0.2) is 10.6 Å². The van der Waals surface area contributed by atoms with Gasteiger partial charge in [-0.2, -0.15) is 0 Å². The number of aryl methyl sites for hydroxylation is 1. The van der Waals surface area contributed by atoms with E-state index < -0.39 is 0 Å². The van der Waals surface area contributed by atoms with E-state index in [1.807, 2.05) is 6.92 Å². The quantitative estimate of drug-likeness (QED) is 0.775. The summed E-state index contributed by atoms with van der Waals surface area (Å²) in [5, 5.41) is 7.00. The lowest BCUT2D eigenvalue weighted by molar-refractivity contribution is 0.0718. The van der Waals surface area contributed by atoms with E-state index >= 15 is 0 Å². The third kappa shape index (κ3) is 4.08. The van der Waals surface area contributed by atoms with E-state index in [0.29, 0.717) is 5.69 Å². The summed E-state index contributed by atoms with van der Waals surface area (Å²) in [6, 6.07) is 1.72. The molecule has 120 valence electrons. The summed E-state index contributed by atoms with van der Waals surface area (Å²) < 4.78 is 5.12. The van der Waals surface area contributed by atoms with Gasteiger partial charge in [0, 0.05) is 18.0 Å². The van der Waals surface area contributed by atoms with E-state index in [-0.39, 0.29) is 16.9 Å². The van der Waals surface area contributed by atoms with E-state index in [2.05, 4.69) is 45.1 Å². The van der Waals surface area contributed by atoms with E-state index in [4.69, 9.17) is 4.52 Å². The van der Waals surface area contributed by atoms with Crippen molar-refractivity contribution in [1.82, 2.24) is 10.5 Å².